The topological polar surface area (TPSA) is 50.4 Å². The Labute approximate surface area is 114 Å². The molecule has 0 saturated heterocycles. The number of ether oxygens (including phenoxy) is 1. The highest BCUT2D eigenvalue weighted by molar-refractivity contribution is 5.92. The van der Waals surface area contributed by atoms with E-state index in [0.717, 1.165) is 17.0 Å². The minimum Gasteiger partial charge on any atom is -0.489 e. The van der Waals surface area contributed by atoms with Crippen LogP contribution in [-0.2, 0) is 4.79 Å². The van der Waals surface area contributed by atoms with E-state index in [1.165, 1.54) is 0 Å². The Morgan fingerprint density at radius 1 is 1.42 bits per heavy atom. The average Bonchev–Trinajstić information content (AvgIpc) is 2.34. The summed E-state index contributed by atoms with van der Waals surface area (Å²) in [7, 11) is 0. The Morgan fingerprint density at radius 2 is 2.16 bits per heavy atom. The maximum atomic E-state index is 11.7. The van der Waals surface area contributed by atoms with Crippen LogP contribution in [0.4, 0.5) is 5.69 Å². The summed E-state index contributed by atoms with van der Waals surface area (Å²) in [5, 5.41) is 5.89. The summed E-state index contributed by atoms with van der Waals surface area (Å²) < 4.78 is 5.52. The van der Waals surface area contributed by atoms with Gasteiger partial charge in [-0.1, -0.05) is 26.5 Å². The second kappa shape index (κ2) is 7.59. The standard InChI is InChI=1S/C15H22N2O2/c1-11(2)10-19-14-7-5-6-13(8-14)17-15(18)9-16-12(3)4/h5-8,12,16H,1,9-10H2,2-4H3,(H,17,18). The lowest BCUT2D eigenvalue weighted by molar-refractivity contribution is -0.115. The van der Waals surface area contributed by atoms with Gasteiger partial charge in [-0.3, -0.25) is 4.79 Å². The molecule has 0 aliphatic heterocycles. The van der Waals surface area contributed by atoms with E-state index < -0.39 is 0 Å². The van der Waals surface area contributed by atoms with Gasteiger partial charge >= 0.3 is 0 Å². The molecule has 0 atom stereocenters. The molecule has 0 fully saturated rings. The van der Waals surface area contributed by atoms with E-state index in [0.29, 0.717) is 13.2 Å². The van der Waals surface area contributed by atoms with Crippen LogP contribution >= 0.6 is 0 Å². The lowest BCUT2D eigenvalue weighted by Crippen LogP contribution is -2.32. The fourth-order valence-electron chi connectivity index (χ4n) is 1.37. The van der Waals surface area contributed by atoms with Crippen molar-refractivity contribution in [1.82, 2.24) is 5.32 Å². The zero-order chi connectivity index (χ0) is 14.3. The minimum absolute atomic E-state index is 0.0641. The van der Waals surface area contributed by atoms with Gasteiger partial charge in [-0.2, -0.15) is 0 Å². The van der Waals surface area contributed by atoms with Crippen molar-refractivity contribution >= 4 is 11.6 Å². The van der Waals surface area contributed by atoms with E-state index in [-0.39, 0.29) is 11.9 Å². The summed E-state index contributed by atoms with van der Waals surface area (Å²) >= 11 is 0. The molecule has 0 heterocycles. The van der Waals surface area contributed by atoms with E-state index in [9.17, 15) is 4.79 Å². The first-order chi connectivity index (χ1) is 8.97. The quantitative estimate of drug-likeness (QED) is 0.743. The van der Waals surface area contributed by atoms with Gasteiger partial charge in [0.25, 0.3) is 0 Å². The highest BCUT2D eigenvalue weighted by atomic mass is 16.5. The van der Waals surface area contributed by atoms with E-state index in [1.807, 2.05) is 39.0 Å². The van der Waals surface area contributed by atoms with E-state index in [4.69, 9.17) is 4.74 Å². The minimum atomic E-state index is -0.0641. The molecule has 1 amide bonds. The Balaban J connectivity index is 2.51. The molecule has 104 valence electrons. The molecule has 0 aliphatic carbocycles. The van der Waals surface area contributed by atoms with Gasteiger partial charge in [-0.15, -0.1) is 0 Å². The van der Waals surface area contributed by atoms with Gasteiger partial charge in [0, 0.05) is 17.8 Å². The van der Waals surface area contributed by atoms with E-state index in [1.54, 1.807) is 6.07 Å². The Bertz CT molecular complexity index is 442. The van der Waals surface area contributed by atoms with Gasteiger partial charge in [-0.25, -0.2) is 0 Å². The third kappa shape index (κ3) is 6.62. The van der Waals surface area contributed by atoms with Gasteiger partial charge in [0.15, 0.2) is 0 Å². The first kappa shape index (κ1) is 15.2. The van der Waals surface area contributed by atoms with Crippen LogP contribution in [0.5, 0.6) is 5.75 Å². The van der Waals surface area contributed by atoms with Crippen molar-refractivity contribution in [2.24, 2.45) is 0 Å². The molecule has 4 heteroatoms. The molecular weight excluding hydrogens is 240 g/mol. The molecule has 1 aromatic carbocycles. The number of amides is 1. The SMILES string of the molecule is C=C(C)COc1cccc(NC(=O)CNC(C)C)c1. The summed E-state index contributed by atoms with van der Waals surface area (Å²) in [5.41, 5.74) is 1.69. The first-order valence-corrected chi connectivity index (χ1v) is 6.38. The molecule has 0 aromatic heterocycles. The summed E-state index contributed by atoms with van der Waals surface area (Å²) in [6.45, 7) is 10.5. The summed E-state index contributed by atoms with van der Waals surface area (Å²) in [6.07, 6.45) is 0. The summed E-state index contributed by atoms with van der Waals surface area (Å²) in [6, 6.07) is 7.62. The van der Waals surface area contributed by atoms with E-state index in [2.05, 4.69) is 17.2 Å². The van der Waals surface area contributed by atoms with Crippen LogP contribution in [0.1, 0.15) is 20.8 Å². The zero-order valence-electron chi connectivity index (χ0n) is 11.8. The van der Waals surface area contributed by atoms with Crippen LogP contribution < -0.4 is 15.4 Å². The van der Waals surface area contributed by atoms with Crippen LogP contribution in [0.2, 0.25) is 0 Å². The Kier molecular flexibility index (Phi) is 6.09. The van der Waals surface area contributed by atoms with Crippen molar-refractivity contribution < 1.29 is 9.53 Å². The number of rotatable bonds is 7. The van der Waals surface area contributed by atoms with Crippen molar-refractivity contribution in [3.8, 4) is 5.75 Å². The normalized spacial score (nSPS) is 10.3. The van der Waals surface area contributed by atoms with Crippen molar-refractivity contribution in [2.75, 3.05) is 18.5 Å². The van der Waals surface area contributed by atoms with Gasteiger partial charge in [0.1, 0.15) is 12.4 Å². The number of hydrogen-bond donors (Lipinski definition) is 2. The van der Waals surface area contributed by atoms with Crippen molar-refractivity contribution in [1.29, 1.82) is 0 Å². The number of benzene rings is 1. The molecule has 1 rings (SSSR count). The van der Waals surface area contributed by atoms with Gasteiger partial charge in [0.2, 0.25) is 5.91 Å². The monoisotopic (exact) mass is 262 g/mol. The van der Waals surface area contributed by atoms with Crippen molar-refractivity contribution in [3.05, 3.63) is 36.4 Å². The number of carbonyl (C=O) groups is 1. The first-order valence-electron chi connectivity index (χ1n) is 6.38. The van der Waals surface area contributed by atoms with Crippen LogP contribution in [0, 0.1) is 0 Å². The molecule has 0 radical (unpaired) electrons. The molecule has 0 aliphatic rings. The summed E-state index contributed by atoms with van der Waals surface area (Å²) in [4.78, 5) is 11.7. The predicted octanol–water partition coefficient (Wildman–Crippen LogP) is 2.58. The fraction of sp³-hybridized carbons (Fsp3) is 0.400. The molecule has 0 saturated carbocycles. The molecule has 19 heavy (non-hydrogen) atoms. The van der Waals surface area contributed by atoms with Gasteiger partial charge in [0.05, 0.1) is 6.54 Å². The van der Waals surface area contributed by atoms with Gasteiger partial charge in [-0.05, 0) is 24.6 Å². The van der Waals surface area contributed by atoms with Crippen LogP contribution in [0.25, 0.3) is 0 Å². The highest BCUT2D eigenvalue weighted by Crippen LogP contribution is 2.17. The maximum Gasteiger partial charge on any atom is 0.238 e. The maximum absolute atomic E-state index is 11.7. The average molecular weight is 262 g/mol. The zero-order valence-corrected chi connectivity index (χ0v) is 11.8. The summed E-state index contributed by atoms with van der Waals surface area (Å²) in [5.74, 6) is 0.656. The van der Waals surface area contributed by atoms with Gasteiger partial charge < -0.3 is 15.4 Å². The molecule has 0 bridgehead atoms. The van der Waals surface area contributed by atoms with Crippen molar-refractivity contribution in [3.63, 3.8) is 0 Å². The smallest absolute Gasteiger partial charge is 0.238 e. The fourth-order valence-corrected chi connectivity index (χ4v) is 1.37. The third-order valence-electron chi connectivity index (χ3n) is 2.27. The van der Waals surface area contributed by atoms with Crippen LogP contribution in [0.15, 0.2) is 36.4 Å². The molecule has 4 nitrogen and oxygen atoms in total. The molecule has 2 N–H and O–H groups in total. The number of carbonyl (C=O) groups excluding carboxylic acids is 1. The lowest BCUT2D eigenvalue weighted by atomic mass is 10.3. The van der Waals surface area contributed by atoms with Crippen LogP contribution in [0.3, 0.4) is 0 Å². The second-order valence-electron chi connectivity index (χ2n) is 4.86. The Morgan fingerprint density at radius 3 is 2.79 bits per heavy atom. The van der Waals surface area contributed by atoms with Crippen molar-refractivity contribution in [2.45, 2.75) is 26.8 Å². The lowest BCUT2D eigenvalue weighted by Gasteiger charge is -2.10. The van der Waals surface area contributed by atoms with E-state index >= 15 is 0 Å². The molecular formula is C15H22N2O2. The number of anilines is 1. The predicted molar refractivity (Wildman–Crippen MR) is 78.5 cm³/mol. The Hall–Kier alpha value is -1.81. The number of hydrogen-bond acceptors (Lipinski definition) is 3. The van der Waals surface area contributed by atoms with Crippen LogP contribution in [-0.4, -0.2) is 25.1 Å². The molecule has 1 aromatic rings. The number of nitrogens with one attached hydrogen (secondary N) is 2. The third-order valence-corrected chi connectivity index (χ3v) is 2.27. The largest absolute Gasteiger partial charge is 0.489 e. The highest BCUT2D eigenvalue weighted by Gasteiger charge is 2.04. The second-order valence-corrected chi connectivity index (χ2v) is 4.86. The molecule has 0 spiro atoms. The molecule has 0 unspecified atom stereocenters.